The zero-order valence-corrected chi connectivity index (χ0v) is 21.8. The maximum Gasteiger partial charge on any atom is 0.338 e. The van der Waals surface area contributed by atoms with Gasteiger partial charge in [-0.05, 0) is 74.2 Å². The van der Waals surface area contributed by atoms with E-state index in [1.54, 1.807) is 24.3 Å². The van der Waals surface area contributed by atoms with Gasteiger partial charge in [-0.25, -0.2) is 4.79 Å². The predicted molar refractivity (Wildman–Crippen MR) is 137 cm³/mol. The van der Waals surface area contributed by atoms with E-state index < -0.39 is 24.5 Å². The molecule has 0 radical (unpaired) electrons. The number of hydrogen-bond donors (Lipinski definition) is 2. The molecule has 9 heteroatoms. The van der Waals surface area contributed by atoms with Gasteiger partial charge in [-0.1, -0.05) is 29.3 Å². The molecule has 35 heavy (non-hydrogen) atoms. The van der Waals surface area contributed by atoms with Crippen molar-refractivity contribution in [1.29, 1.82) is 0 Å². The summed E-state index contributed by atoms with van der Waals surface area (Å²) < 4.78 is 11.1. The average molecular weight is 547 g/mol. The molecule has 0 saturated carbocycles. The fraction of sp³-hybridized carbons (Fsp3) is 0.385. The summed E-state index contributed by atoms with van der Waals surface area (Å²) in [5.41, 5.74) is 3.47. The van der Waals surface area contributed by atoms with E-state index in [0.717, 1.165) is 28.4 Å². The van der Waals surface area contributed by atoms with Gasteiger partial charge in [0.15, 0.2) is 6.61 Å². The summed E-state index contributed by atoms with van der Waals surface area (Å²) in [6.45, 7) is 5.78. The van der Waals surface area contributed by atoms with E-state index in [0.29, 0.717) is 23.5 Å². The molecule has 0 saturated heterocycles. The molecule has 0 bridgehead atoms. The fourth-order valence-corrected chi connectivity index (χ4v) is 3.48. The number of nitrogens with one attached hydrogen (secondary N) is 2. The van der Waals surface area contributed by atoms with E-state index in [9.17, 15) is 19.2 Å². The number of hydrogen-bond acceptors (Lipinski definition) is 6. The number of unbranched alkanes of at least 4 members (excludes halogenated alkanes) is 1. The Kier molecular flexibility index (Phi) is 11.4. The van der Waals surface area contributed by atoms with Gasteiger partial charge in [0.05, 0.1) is 12.2 Å². The quantitative estimate of drug-likeness (QED) is 0.275. The van der Waals surface area contributed by atoms with Crippen LogP contribution < -0.4 is 10.6 Å². The van der Waals surface area contributed by atoms with E-state index in [-0.39, 0.29) is 25.2 Å². The smallest absolute Gasteiger partial charge is 0.338 e. The Morgan fingerprint density at radius 2 is 1.57 bits per heavy atom. The number of amides is 2. The Balaban J connectivity index is 1.67. The van der Waals surface area contributed by atoms with Crippen LogP contribution in [0.2, 0.25) is 0 Å². The first-order valence-corrected chi connectivity index (χ1v) is 12.3. The summed E-state index contributed by atoms with van der Waals surface area (Å²) in [6, 6.07) is 10.2. The van der Waals surface area contributed by atoms with Crippen LogP contribution in [0, 0.1) is 13.8 Å². The Hall–Kier alpha value is -3.20. The number of carbonyl (C=O) groups excluding carboxylic acids is 4. The van der Waals surface area contributed by atoms with E-state index in [4.69, 9.17) is 9.47 Å². The molecular weight excluding hydrogens is 516 g/mol. The zero-order valence-electron chi connectivity index (χ0n) is 20.2. The van der Waals surface area contributed by atoms with Crippen molar-refractivity contribution >= 4 is 51.1 Å². The van der Waals surface area contributed by atoms with Crippen molar-refractivity contribution < 1.29 is 28.7 Å². The maximum absolute atomic E-state index is 12.1. The highest BCUT2D eigenvalue weighted by Gasteiger charge is 2.12. The average Bonchev–Trinajstić information content (AvgIpc) is 2.81. The molecule has 2 amide bonds. The number of rotatable bonds is 12. The van der Waals surface area contributed by atoms with E-state index in [1.807, 2.05) is 32.9 Å². The van der Waals surface area contributed by atoms with E-state index in [1.165, 1.54) is 0 Å². The number of carbonyl (C=O) groups is 4. The first-order valence-electron chi connectivity index (χ1n) is 11.5. The minimum atomic E-state index is -0.553. The first kappa shape index (κ1) is 28.0. The third kappa shape index (κ3) is 9.90. The molecule has 0 fully saturated rings. The molecular formula is C26H31BrN2O6. The Morgan fingerprint density at radius 3 is 2.26 bits per heavy atom. The number of esters is 2. The van der Waals surface area contributed by atoms with Crippen molar-refractivity contribution in [1.82, 2.24) is 0 Å². The van der Waals surface area contributed by atoms with Crippen LogP contribution in [0.5, 0.6) is 0 Å². The lowest BCUT2D eigenvalue weighted by molar-refractivity contribution is -0.147. The van der Waals surface area contributed by atoms with Gasteiger partial charge >= 0.3 is 11.9 Å². The van der Waals surface area contributed by atoms with Crippen molar-refractivity contribution in [2.75, 3.05) is 23.8 Å². The van der Waals surface area contributed by atoms with Gasteiger partial charge in [0.1, 0.15) is 0 Å². The van der Waals surface area contributed by atoms with Crippen molar-refractivity contribution in [3.8, 4) is 0 Å². The van der Waals surface area contributed by atoms with Crippen molar-refractivity contribution in [3.05, 3.63) is 57.6 Å². The lowest BCUT2D eigenvalue weighted by Crippen LogP contribution is -2.21. The second-order valence-electron chi connectivity index (χ2n) is 8.09. The molecule has 8 nitrogen and oxygen atoms in total. The summed E-state index contributed by atoms with van der Waals surface area (Å²) in [4.78, 5) is 48.0. The molecule has 0 aromatic heterocycles. The molecule has 0 unspecified atom stereocenters. The van der Waals surface area contributed by atoms with Gasteiger partial charge in [-0.3, -0.25) is 14.4 Å². The molecule has 0 heterocycles. The minimum absolute atomic E-state index is 0.0135. The largest absolute Gasteiger partial charge is 0.462 e. The molecule has 2 rings (SSSR count). The second-order valence-corrected chi connectivity index (χ2v) is 8.95. The van der Waals surface area contributed by atoms with Crippen LogP contribution in [0.15, 0.2) is 40.9 Å². The Morgan fingerprint density at radius 1 is 0.857 bits per heavy atom. The number of benzene rings is 2. The number of anilines is 2. The standard InChI is InChI=1S/C26H31BrN2O6/c1-4-5-13-34-26(33)19-9-11-20(12-10-19)28-23(30)7-6-8-25(32)35-16-24(31)29-22-15-17(2)21(27)14-18(22)3/h9-12,14-15H,4-8,13,16H2,1-3H3,(H,28,30)(H,29,31). The lowest BCUT2D eigenvalue weighted by Gasteiger charge is -2.11. The van der Waals surface area contributed by atoms with Gasteiger partial charge in [-0.15, -0.1) is 0 Å². The summed E-state index contributed by atoms with van der Waals surface area (Å²) in [5, 5.41) is 5.44. The number of ether oxygens (including phenoxy) is 2. The zero-order chi connectivity index (χ0) is 25.8. The molecule has 2 aromatic carbocycles. The third-order valence-corrected chi connectivity index (χ3v) is 5.92. The molecule has 0 aliphatic carbocycles. The van der Waals surface area contributed by atoms with Crippen LogP contribution in [0.1, 0.15) is 60.5 Å². The van der Waals surface area contributed by atoms with Gasteiger partial charge in [0, 0.05) is 28.7 Å². The van der Waals surface area contributed by atoms with Crippen molar-refractivity contribution in [2.24, 2.45) is 0 Å². The second kappa shape index (κ2) is 14.3. The topological polar surface area (TPSA) is 111 Å². The third-order valence-electron chi connectivity index (χ3n) is 5.06. The summed E-state index contributed by atoms with van der Waals surface area (Å²) in [7, 11) is 0. The van der Waals surface area contributed by atoms with E-state index >= 15 is 0 Å². The first-order chi connectivity index (χ1) is 16.7. The monoisotopic (exact) mass is 546 g/mol. The highest BCUT2D eigenvalue weighted by atomic mass is 79.9. The minimum Gasteiger partial charge on any atom is -0.462 e. The summed E-state index contributed by atoms with van der Waals surface area (Å²) in [5.74, 6) is -1.65. The van der Waals surface area contributed by atoms with Crippen LogP contribution in [0.25, 0.3) is 0 Å². The summed E-state index contributed by atoms with van der Waals surface area (Å²) >= 11 is 3.44. The normalized spacial score (nSPS) is 10.4. The van der Waals surface area contributed by atoms with E-state index in [2.05, 4.69) is 26.6 Å². The Bertz CT molecular complexity index is 1050. The van der Waals surface area contributed by atoms with Gasteiger partial charge < -0.3 is 20.1 Å². The predicted octanol–water partition coefficient (Wildman–Crippen LogP) is 5.31. The molecule has 2 aromatic rings. The highest BCUT2D eigenvalue weighted by Crippen LogP contribution is 2.24. The van der Waals surface area contributed by atoms with Crippen LogP contribution in [0.3, 0.4) is 0 Å². The molecule has 0 spiro atoms. The van der Waals surface area contributed by atoms with Crippen LogP contribution in [0.4, 0.5) is 11.4 Å². The van der Waals surface area contributed by atoms with Crippen molar-refractivity contribution in [3.63, 3.8) is 0 Å². The highest BCUT2D eigenvalue weighted by molar-refractivity contribution is 9.10. The molecule has 0 aliphatic rings. The number of aryl methyl sites for hydroxylation is 2. The molecule has 2 N–H and O–H groups in total. The van der Waals surface area contributed by atoms with Crippen LogP contribution in [-0.4, -0.2) is 37.0 Å². The van der Waals surface area contributed by atoms with Crippen LogP contribution in [-0.2, 0) is 23.9 Å². The molecule has 188 valence electrons. The van der Waals surface area contributed by atoms with Gasteiger partial charge in [-0.2, -0.15) is 0 Å². The Labute approximate surface area is 213 Å². The SMILES string of the molecule is CCCCOC(=O)c1ccc(NC(=O)CCCC(=O)OCC(=O)Nc2cc(C)c(Br)cc2C)cc1. The maximum atomic E-state index is 12.1. The number of halogens is 1. The van der Waals surface area contributed by atoms with Gasteiger partial charge in [0.25, 0.3) is 5.91 Å². The van der Waals surface area contributed by atoms with Crippen LogP contribution >= 0.6 is 15.9 Å². The van der Waals surface area contributed by atoms with Crippen molar-refractivity contribution in [2.45, 2.75) is 52.9 Å². The molecule has 0 atom stereocenters. The summed E-state index contributed by atoms with van der Waals surface area (Å²) in [6.07, 6.45) is 2.15. The van der Waals surface area contributed by atoms with Gasteiger partial charge in [0.2, 0.25) is 5.91 Å². The fourth-order valence-electron chi connectivity index (χ4n) is 3.02. The molecule has 0 aliphatic heterocycles. The lowest BCUT2D eigenvalue weighted by atomic mass is 10.1.